The topological polar surface area (TPSA) is 17.1 Å². The molecule has 0 radical (unpaired) electrons. The minimum atomic E-state index is -4.56. The molecule has 0 aromatic heterocycles. The maximum Gasteiger partial charge on any atom is 0.398 e. The average molecular weight is 220 g/mol. The Labute approximate surface area is 83.7 Å². The number of halogens is 4. The molecule has 0 spiro atoms. The summed E-state index contributed by atoms with van der Waals surface area (Å²) in [5.41, 5.74) is -0.138. The minimum absolute atomic E-state index is 0.138. The zero-order chi connectivity index (χ0) is 11.6. The molecule has 0 aliphatic rings. The zero-order valence-corrected chi connectivity index (χ0v) is 7.81. The largest absolute Gasteiger partial charge is 0.398 e. The van der Waals surface area contributed by atoms with Crippen molar-refractivity contribution in [3.8, 4) is 0 Å². The summed E-state index contributed by atoms with van der Waals surface area (Å²) in [6, 6.07) is 3.99. The van der Waals surface area contributed by atoms with Gasteiger partial charge >= 0.3 is 6.18 Å². The Morgan fingerprint density at radius 1 is 1.20 bits per heavy atom. The van der Waals surface area contributed by atoms with Gasteiger partial charge in [-0.25, -0.2) is 4.39 Å². The van der Waals surface area contributed by atoms with Crippen molar-refractivity contribution in [3.63, 3.8) is 0 Å². The lowest BCUT2D eigenvalue weighted by Crippen LogP contribution is -2.27. The van der Waals surface area contributed by atoms with Crippen LogP contribution in [0.25, 0.3) is 0 Å². The second-order valence-electron chi connectivity index (χ2n) is 3.13. The van der Waals surface area contributed by atoms with Crippen LogP contribution in [0, 0.1) is 11.7 Å². The number of carbonyl (C=O) groups is 1. The summed E-state index contributed by atoms with van der Waals surface area (Å²) < 4.78 is 49.0. The molecule has 82 valence electrons. The van der Waals surface area contributed by atoms with E-state index in [4.69, 9.17) is 0 Å². The summed E-state index contributed by atoms with van der Waals surface area (Å²) in [6.07, 6.45) is -4.56. The second kappa shape index (κ2) is 4.00. The fourth-order valence-corrected chi connectivity index (χ4v) is 1.01. The molecule has 0 N–H and O–H groups in total. The molecular formula is C10H8F4O. The van der Waals surface area contributed by atoms with Crippen molar-refractivity contribution in [2.45, 2.75) is 13.1 Å². The van der Waals surface area contributed by atoms with Crippen LogP contribution in [0.15, 0.2) is 24.3 Å². The Bertz CT molecular complexity index is 353. The van der Waals surface area contributed by atoms with Crippen molar-refractivity contribution >= 4 is 5.78 Å². The van der Waals surface area contributed by atoms with E-state index in [1.54, 1.807) is 0 Å². The lowest BCUT2D eigenvalue weighted by Gasteiger charge is -2.13. The van der Waals surface area contributed by atoms with Gasteiger partial charge in [-0.3, -0.25) is 4.79 Å². The highest BCUT2D eigenvalue weighted by molar-refractivity contribution is 5.98. The van der Waals surface area contributed by atoms with Crippen LogP contribution < -0.4 is 0 Å². The van der Waals surface area contributed by atoms with Gasteiger partial charge in [0, 0.05) is 5.56 Å². The van der Waals surface area contributed by atoms with Gasteiger partial charge in [0.05, 0.1) is 0 Å². The Balaban J connectivity index is 2.90. The molecule has 1 atom stereocenters. The predicted molar refractivity (Wildman–Crippen MR) is 45.9 cm³/mol. The summed E-state index contributed by atoms with van der Waals surface area (Å²) in [5.74, 6) is -3.71. The van der Waals surface area contributed by atoms with Gasteiger partial charge in [0.25, 0.3) is 0 Å². The van der Waals surface area contributed by atoms with Gasteiger partial charge in [0.15, 0.2) is 5.78 Å². The van der Waals surface area contributed by atoms with Gasteiger partial charge in [-0.1, -0.05) is 0 Å². The van der Waals surface area contributed by atoms with Crippen molar-refractivity contribution in [1.82, 2.24) is 0 Å². The lowest BCUT2D eigenvalue weighted by molar-refractivity contribution is -0.155. The number of Topliss-reactive ketones (excluding diaryl/α,β-unsaturated/α-hetero) is 1. The van der Waals surface area contributed by atoms with Crippen molar-refractivity contribution in [3.05, 3.63) is 35.6 Å². The van der Waals surface area contributed by atoms with Crippen LogP contribution in [-0.4, -0.2) is 12.0 Å². The normalized spacial score (nSPS) is 13.7. The lowest BCUT2D eigenvalue weighted by atomic mass is 9.99. The highest BCUT2D eigenvalue weighted by atomic mass is 19.4. The molecule has 0 saturated carbocycles. The van der Waals surface area contributed by atoms with E-state index < -0.39 is 23.7 Å². The van der Waals surface area contributed by atoms with Crippen LogP contribution in [-0.2, 0) is 0 Å². The number of hydrogen-bond donors (Lipinski definition) is 0. The van der Waals surface area contributed by atoms with Crippen LogP contribution in [0.3, 0.4) is 0 Å². The van der Waals surface area contributed by atoms with Gasteiger partial charge in [-0.05, 0) is 31.2 Å². The quantitative estimate of drug-likeness (QED) is 0.552. The predicted octanol–water partition coefficient (Wildman–Crippen LogP) is 3.21. The minimum Gasteiger partial charge on any atom is -0.294 e. The molecule has 0 amide bonds. The van der Waals surface area contributed by atoms with Gasteiger partial charge in [0.1, 0.15) is 11.7 Å². The summed E-state index contributed by atoms with van der Waals surface area (Å²) in [6.45, 7) is 0.783. The highest BCUT2D eigenvalue weighted by Gasteiger charge is 2.41. The van der Waals surface area contributed by atoms with Crippen molar-refractivity contribution < 1.29 is 22.4 Å². The smallest absolute Gasteiger partial charge is 0.294 e. The molecule has 0 aliphatic heterocycles. The van der Waals surface area contributed by atoms with Crippen LogP contribution in [0.1, 0.15) is 17.3 Å². The van der Waals surface area contributed by atoms with E-state index in [1.807, 2.05) is 0 Å². The SMILES string of the molecule is CC(C(=O)c1ccc(F)cc1)C(F)(F)F. The summed E-state index contributed by atoms with van der Waals surface area (Å²) in [4.78, 5) is 11.3. The molecule has 1 aromatic rings. The van der Waals surface area contributed by atoms with E-state index in [0.717, 1.165) is 31.2 Å². The molecule has 0 aliphatic carbocycles. The molecule has 1 unspecified atom stereocenters. The van der Waals surface area contributed by atoms with Crippen LogP contribution in [0.2, 0.25) is 0 Å². The van der Waals surface area contributed by atoms with Crippen LogP contribution in [0.4, 0.5) is 17.6 Å². The number of hydrogen-bond acceptors (Lipinski definition) is 1. The van der Waals surface area contributed by atoms with E-state index in [0.29, 0.717) is 0 Å². The van der Waals surface area contributed by atoms with E-state index >= 15 is 0 Å². The molecule has 1 nitrogen and oxygen atoms in total. The molecule has 0 bridgehead atoms. The summed E-state index contributed by atoms with van der Waals surface area (Å²) >= 11 is 0. The first-order valence-corrected chi connectivity index (χ1v) is 4.19. The van der Waals surface area contributed by atoms with Gasteiger partial charge in [-0.15, -0.1) is 0 Å². The highest BCUT2D eigenvalue weighted by Crippen LogP contribution is 2.28. The fraction of sp³-hybridized carbons (Fsp3) is 0.300. The first-order valence-electron chi connectivity index (χ1n) is 4.19. The summed E-state index contributed by atoms with van der Waals surface area (Å²) in [5, 5.41) is 0. The molecule has 0 heterocycles. The maximum absolute atomic E-state index is 12.5. The van der Waals surface area contributed by atoms with E-state index in [1.165, 1.54) is 0 Å². The van der Waals surface area contributed by atoms with E-state index in [9.17, 15) is 22.4 Å². The molecule has 0 fully saturated rings. The number of benzene rings is 1. The standard InChI is InChI=1S/C10H8F4O/c1-6(10(12,13)14)9(15)7-2-4-8(11)5-3-7/h2-6H,1H3. The van der Waals surface area contributed by atoms with Crippen LogP contribution in [0.5, 0.6) is 0 Å². The van der Waals surface area contributed by atoms with Crippen molar-refractivity contribution in [2.24, 2.45) is 5.92 Å². The van der Waals surface area contributed by atoms with Crippen molar-refractivity contribution in [1.29, 1.82) is 0 Å². The maximum atomic E-state index is 12.5. The Kier molecular flexibility index (Phi) is 3.12. The molecule has 15 heavy (non-hydrogen) atoms. The molecule has 5 heteroatoms. The average Bonchev–Trinajstić information content (AvgIpc) is 2.15. The molecular weight excluding hydrogens is 212 g/mol. The first-order chi connectivity index (χ1) is 6.82. The molecule has 0 saturated heterocycles. The number of rotatable bonds is 2. The molecule has 1 rings (SSSR count). The molecule has 1 aromatic carbocycles. The number of ketones is 1. The van der Waals surface area contributed by atoms with E-state index in [2.05, 4.69) is 0 Å². The van der Waals surface area contributed by atoms with E-state index in [-0.39, 0.29) is 5.56 Å². The van der Waals surface area contributed by atoms with Gasteiger partial charge < -0.3 is 0 Å². The Morgan fingerprint density at radius 2 is 1.67 bits per heavy atom. The Morgan fingerprint density at radius 3 is 2.07 bits per heavy atom. The first kappa shape index (κ1) is 11.7. The van der Waals surface area contributed by atoms with Crippen molar-refractivity contribution in [2.75, 3.05) is 0 Å². The third kappa shape index (κ3) is 2.78. The number of alkyl halides is 3. The van der Waals surface area contributed by atoms with Crippen LogP contribution >= 0.6 is 0 Å². The summed E-state index contributed by atoms with van der Waals surface area (Å²) in [7, 11) is 0. The van der Waals surface area contributed by atoms with Gasteiger partial charge in [-0.2, -0.15) is 13.2 Å². The fourth-order valence-electron chi connectivity index (χ4n) is 1.01. The van der Waals surface area contributed by atoms with Gasteiger partial charge in [0.2, 0.25) is 0 Å². The third-order valence-electron chi connectivity index (χ3n) is 2.01. The second-order valence-corrected chi connectivity index (χ2v) is 3.13. The monoisotopic (exact) mass is 220 g/mol. The number of carbonyl (C=O) groups excluding carboxylic acids is 1. The third-order valence-corrected chi connectivity index (χ3v) is 2.01. The Hall–Kier alpha value is -1.39. The zero-order valence-electron chi connectivity index (χ0n) is 7.81.